The molecule has 2 heterocycles. The second kappa shape index (κ2) is 3.49. The highest BCUT2D eigenvalue weighted by Crippen LogP contribution is 2.31. The quantitative estimate of drug-likeness (QED) is 0.730. The fraction of sp³-hybridized carbons (Fsp3) is 0.333. The maximum Gasteiger partial charge on any atom is 0.104 e. The number of anilines is 1. The maximum atomic E-state index is 4.44. The number of benzene rings is 1. The van der Waals surface area contributed by atoms with Crippen molar-refractivity contribution in [1.82, 2.24) is 4.98 Å². The lowest BCUT2D eigenvalue weighted by molar-refractivity contribution is 0.735. The lowest BCUT2D eigenvalue weighted by Gasteiger charge is -2.18. The van der Waals surface area contributed by atoms with Crippen molar-refractivity contribution in [2.24, 2.45) is 5.92 Å². The molecule has 0 amide bonds. The van der Waals surface area contributed by atoms with Gasteiger partial charge in [0, 0.05) is 13.1 Å². The first-order chi connectivity index (χ1) is 7.34. The molecule has 15 heavy (non-hydrogen) atoms. The minimum Gasteiger partial charge on any atom is -0.369 e. The zero-order valence-corrected chi connectivity index (χ0v) is 9.33. The van der Waals surface area contributed by atoms with Crippen LogP contribution in [0.4, 0.5) is 5.69 Å². The van der Waals surface area contributed by atoms with Crippen LogP contribution in [0.2, 0.25) is 0 Å². The molecule has 0 aliphatic carbocycles. The van der Waals surface area contributed by atoms with Crippen LogP contribution in [0.1, 0.15) is 6.42 Å². The topological polar surface area (TPSA) is 16.1 Å². The fourth-order valence-corrected chi connectivity index (χ4v) is 2.88. The zero-order valence-electron chi connectivity index (χ0n) is 8.52. The van der Waals surface area contributed by atoms with Gasteiger partial charge in [0.25, 0.3) is 0 Å². The molecular weight excluding hydrogens is 204 g/mol. The third-order valence-corrected chi connectivity index (χ3v) is 3.76. The SMILES string of the molecule is [CH2][C@@H]1CCN(c2cccc3scnc23)C1. The van der Waals surface area contributed by atoms with Gasteiger partial charge >= 0.3 is 0 Å². The summed E-state index contributed by atoms with van der Waals surface area (Å²) in [5.41, 5.74) is 4.35. The van der Waals surface area contributed by atoms with Gasteiger partial charge in [0.1, 0.15) is 5.52 Å². The molecule has 3 rings (SSSR count). The van der Waals surface area contributed by atoms with Crippen LogP contribution in [0.5, 0.6) is 0 Å². The summed E-state index contributed by atoms with van der Waals surface area (Å²) in [5.74, 6) is 0.568. The van der Waals surface area contributed by atoms with Crippen molar-refractivity contribution in [2.75, 3.05) is 18.0 Å². The Hall–Kier alpha value is -1.09. The van der Waals surface area contributed by atoms with Crippen molar-refractivity contribution >= 4 is 27.2 Å². The standard InChI is InChI=1S/C12H13N2S/c1-9-5-6-14(7-9)10-3-2-4-11-12(10)13-8-15-11/h2-4,8-9H,1,5-7H2/t9-/m1/s1. The van der Waals surface area contributed by atoms with Crippen LogP contribution in [-0.4, -0.2) is 18.1 Å². The van der Waals surface area contributed by atoms with E-state index in [-0.39, 0.29) is 0 Å². The van der Waals surface area contributed by atoms with Crippen LogP contribution in [0.25, 0.3) is 10.2 Å². The van der Waals surface area contributed by atoms with Crippen LogP contribution in [0.3, 0.4) is 0 Å². The van der Waals surface area contributed by atoms with Gasteiger partial charge < -0.3 is 4.90 Å². The summed E-state index contributed by atoms with van der Waals surface area (Å²) >= 11 is 1.71. The molecule has 0 N–H and O–H groups in total. The molecular formula is C12H13N2S. The molecule has 1 aliphatic rings. The summed E-state index contributed by atoms with van der Waals surface area (Å²) in [4.78, 5) is 6.85. The first-order valence-corrected chi connectivity index (χ1v) is 6.13. The molecule has 0 saturated carbocycles. The first kappa shape index (κ1) is 9.16. The van der Waals surface area contributed by atoms with E-state index in [1.807, 2.05) is 5.51 Å². The van der Waals surface area contributed by atoms with Crippen LogP contribution in [0.15, 0.2) is 23.7 Å². The van der Waals surface area contributed by atoms with E-state index in [0.717, 1.165) is 18.6 Å². The molecule has 3 heteroatoms. The Labute approximate surface area is 93.6 Å². The number of aromatic nitrogens is 1. The van der Waals surface area contributed by atoms with Crippen LogP contribution < -0.4 is 4.90 Å². The predicted octanol–water partition coefficient (Wildman–Crippen LogP) is 2.96. The van der Waals surface area contributed by atoms with E-state index in [0.29, 0.717) is 5.92 Å². The van der Waals surface area contributed by atoms with E-state index >= 15 is 0 Å². The minimum atomic E-state index is 0.568. The highest BCUT2D eigenvalue weighted by Gasteiger charge is 2.20. The largest absolute Gasteiger partial charge is 0.369 e. The number of thiazole rings is 1. The van der Waals surface area contributed by atoms with E-state index in [9.17, 15) is 0 Å². The van der Waals surface area contributed by atoms with Crippen molar-refractivity contribution in [2.45, 2.75) is 6.42 Å². The van der Waals surface area contributed by atoms with Crippen molar-refractivity contribution < 1.29 is 0 Å². The maximum absolute atomic E-state index is 4.44. The van der Waals surface area contributed by atoms with Crippen molar-refractivity contribution in [3.8, 4) is 0 Å². The highest BCUT2D eigenvalue weighted by atomic mass is 32.1. The molecule has 0 spiro atoms. The predicted molar refractivity (Wildman–Crippen MR) is 65.3 cm³/mol. The fourth-order valence-electron chi connectivity index (χ4n) is 2.18. The number of hydrogen-bond donors (Lipinski definition) is 0. The van der Waals surface area contributed by atoms with E-state index < -0.39 is 0 Å². The summed E-state index contributed by atoms with van der Waals surface area (Å²) < 4.78 is 1.28. The molecule has 77 valence electrons. The van der Waals surface area contributed by atoms with Crippen molar-refractivity contribution in [1.29, 1.82) is 0 Å². The van der Waals surface area contributed by atoms with Crippen molar-refractivity contribution in [3.05, 3.63) is 30.6 Å². The molecule has 2 nitrogen and oxygen atoms in total. The van der Waals surface area contributed by atoms with E-state index in [1.165, 1.54) is 16.8 Å². The Bertz CT molecular complexity index is 477. The van der Waals surface area contributed by atoms with Crippen LogP contribution in [0, 0.1) is 12.8 Å². The summed E-state index contributed by atoms with van der Waals surface area (Å²) in [6.45, 7) is 6.30. The summed E-state index contributed by atoms with van der Waals surface area (Å²) in [7, 11) is 0. The van der Waals surface area contributed by atoms with E-state index in [1.54, 1.807) is 11.3 Å². The number of hydrogen-bond acceptors (Lipinski definition) is 3. The van der Waals surface area contributed by atoms with Gasteiger partial charge in [-0.25, -0.2) is 4.98 Å². The molecule has 1 atom stereocenters. The highest BCUT2D eigenvalue weighted by molar-refractivity contribution is 7.16. The third kappa shape index (κ3) is 1.51. The van der Waals surface area contributed by atoms with Gasteiger partial charge in [-0.3, -0.25) is 0 Å². The third-order valence-electron chi connectivity index (χ3n) is 2.97. The molecule has 1 saturated heterocycles. The van der Waals surface area contributed by atoms with Crippen LogP contribution >= 0.6 is 11.3 Å². The Balaban J connectivity index is 2.06. The van der Waals surface area contributed by atoms with Crippen LogP contribution in [-0.2, 0) is 0 Å². The molecule has 2 aromatic rings. The van der Waals surface area contributed by atoms with Gasteiger partial charge in [-0.05, 0) is 31.4 Å². The minimum absolute atomic E-state index is 0.568. The Morgan fingerprint density at radius 2 is 2.40 bits per heavy atom. The van der Waals surface area contributed by atoms with Gasteiger partial charge in [0.2, 0.25) is 0 Å². The van der Waals surface area contributed by atoms with Gasteiger partial charge in [-0.1, -0.05) is 6.07 Å². The Morgan fingerprint density at radius 1 is 1.47 bits per heavy atom. The second-order valence-electron chi connectivity index (χ2n) is 4.08. The van der Waals surface area contributed by atoms with E-state index in [4.69, 9.17) is 0 Å². The van der Waals surface area contributed by atoms with Gasteiger partial charge in [0.15, 0.2) is 0 Å². The lowest BCUT2D eigenvalue weighted by atomic mass is 10.2. The van der Waals surface area contributed by atoms with E-state index in [2.05, 4.69) is 35.0 Å². The summed E-state index contributed by atoms with van der Waals surface area (Å²) in [6.07, 6.45) is 1.19. The molecule has 1 radical (unpaired) electrons. The number of rotatable bonds is 1. The second-order valence-corrected chi connectivity index (χ2v) is 4.96. The smallest absolute Gasteiger partial charge is 0.104 e. The van der Waals surface area contributed by atoms with Gasteiger partial charge in [-0.2, -0.15) is 0 Å². The molecule has 1 aromatic carbocycles. The monoisotopic (exact) mass is 217 g/mol. The molecule has 1 aromatic heterocycles. The Kier molecular flexibility index (Phi) is 2.13. The van der Waals surface area contributed by atoms with Gasteiger partial charge in [0.05, 0.1) is 15.9 Å². The van der Waals surface area contributed by atoms with Gasteiger partial charge in [-0.15, -0.1) is 11.3 Å². The average Bonchev–Trinajstić information content (AvgIpc) is 2.84. The Morgan fingerprint density at radius 3 is 3.20 bits per heavy atom. The normalized spacial score (nSPS) is 21.4. The molecule has 1 fully saturated rings. The average molecular weight is 217 g/mol. The number of nitrogens with zero attached hydrogens (tertiary/aromatic N) is 2. The summed E-state index contributed by atoms with van der Waals surface area (Å²) in [5, 5.41) is 0. The zero-order chi connectivity index (χ0) is 10.3. The molecule has 0 bridgehead atoms. The number of fused-ring (bicyclic) bond motifs is 1. The first-order valence-electron chi connectivity index (χ1n) is 5.25. The van der Waals surface area contributed by atoms with Crippen molar-refractivity contribution in [3.63, 3.8) is 0 Å². The molecule has 1 aliphatic heterocycles. The summed E-state index contributed by atoms with van der Waals surface area (Å²) in [6, 6.07) is 6.42. The molecule has 0 unspecified atom stereocenters. The lowest BCUT2D eigenvalue weighted by Crippen LogP contribution is -2.19. The number of para-hydroxylation sites is 1.